The highest BCUT2D eigenvalue weighted by atomic mass is 32.2. The monoisotopic (exact) mass is 237 g/mol. The van der Waals surface area contributed by atoms with Gasteiger partial charge in [0.1, 0.15) is 15.9 Å². The fourth-order valence-electron chi connectivity index (χ4n) is 1.14. The second kappa shape index (κ2) is 6.79. The van der Waals surface area contributed by atoms with E-state index in [-0.39, 0.29) is 12.3 Å². The normalized spacial score (nSPS) is 13.7. The van der Waals surface area contributed by atoms with Crippen LogP contribution in [-0.2, 0) is 14.6 Å². The summed E-state index contributed by atoms with van der Waals surface area (Å²) in [5.74, 6) is -0.944. The van der Waals surface area contributed by atoms with E-state index in [1.54, 1.807) is 0 Å². The summed E-state index contributed by atoms with van der Waals surface area (Å²) < 4.78 is 21.6. The van der Waals surface area contributed by atoms with E-state index >= 15 is 0 Å². The number of unbranched alkanes of at least 4 members (excludes halogenated alkanes) is 1. The molecule has 0 aromatic rings. The van der Waals surface area contributed by atoms with Gasteiger partial charge >= 0.3 is 5.97 Å². The third-order valence-electron chi connectivity index (χ3n) is 2.01. The average Bonchev–Trinajstić information content (AvgIpc) is 2.08. The zero-order valence-corrected chi connectivity index (χ0v) is 10.0. The Hall–Kier alpha value is -0.620. The molecule has 6 heteroatoms. The Kier molecular flexibility index (Phi) is 6.51. The molecule has 90 valence electrons. The molecule has 1 atom stereocenters. The maximum Gasteiger partial charge on any atom is 0.320 e. The number of rotatable bonds is 8. The topological polar surface area (TPSA) is 83.5 Å². The predicted octanol–water partition coefficient (Wildman–Crippen LogP) is 0.264. The predicted molar refractivity (Wildman–Crippen MR) is 58.7 cm³/mol. The van der Waals surface area contributed by atoms with Crippen LogP contribution in [0.3, 0.4) is 0 Å². The highest BCUT2D eigenvalue weighted by molar-refractivity contribution is 7.90. The van der Waals surface area contributed by atoms with Crippen molar-refractivity contribution in [3.63, 3.8) is 0 Å². The van der Waals surface area contributed by atoms with Crippen LogP contribution in [0, 0.1) is 0 Å². The van der Waals surface area contributed by atoms with Gasteiger partial charge in [-0.15, -0.1) is 0 Å². The quantitative estimate of drug-likeness (QED) is 0.633. The lowest BCUT2D eigenvalue weighted by Crippen LogP contribution is -2.39. The van der Waals surface area contributed by atoms with Crippen LogP contribution in [0.4, 0.5) is 0 Å². The Morgan fingerprint density at radius 3 is 2.47 bits per heavy atom. The number of nitrogens with one attached hydrogen (secondary N) is 1. The summed E-state index contributed by atoms with van der Waals surface area (Å²) in [6.07, 6.45) is 3.42. The molecule has 0 aliphatic carbocycles. The van der Waals surface area contributed by atoms with Gasteiger partial charge in [-0.3, -0.25) is 4.79 Å². The molecule has 0 heterocycles. The molecule has 5 nitrogen and oxygen atoms in total. The van der Waals surface area contributed by atoms with E-state index in [2.05, 4.69) is 5.32 Å². The fraction of sp³-hybridized carbons (Fsp3) is 0.889. The van der Waals surface area contributed by atoms with Crippen molar-refractivity contribution in [2.24, 2.45) is 0 Å². The number of carboxylic acid groups (broad SMARTS) is 1. The minimum Gasteiger partial charge on any atom is -0.480 e. The molecular formula is C9H19NO4S. The van der Waals surface area contributed by atoms with Crippen molar-refractivity contribution in [2.75, 3.05) is 18.6 Å². The lowest BCUT2D eigenvalue weighted by Gasteiger charge is -2.13. The van der Waals surface area contributed by atoms with Crippen molar-refractivity contribution in [3.8, 4) is 0 Å². The van der Waals surface area contributed by atoms with Crippen molar-refractivity contribution in [1.29, 1.82) is 0 Å². The van der Waals surface area contributed by atoms with Crippen LogP contribution in [0.25, 0.3) is 0 Å². The van der Waals surface area contributed by atoms with E-state index in [4.69, 9.17) is 5.11 Å². The van der Waals surface area contributed by atoms with Crippen LogP contribution >= 0.6 is 0 Å². The lowest BCUT2D eigenvalue weighted by molar-refractivity contribution is -0.139. The molecule has 0 radical (unpaired) electrons. The number of hydrogen-bond donors (Lipinski definition) is 2. The number of aliphatic carboxylic acids is 1. The number of carbonyl (C=O) groups is 1. The van der Waals surface area contributed by atoms with Crippen molar-refractivity contribution in [2.45, 2.75) is 32.2 Å². The van der Waals surface area contributed by atoms with Gasteiger partial charge in [0.15, 0.2) is 0 Å². The van der Waals surface area contributed by atoms with Gasteiger partial charge in [0.2, 0.25) is 0 Å². The molecule has 0 aromatic carbocycles. The number of sulfone groups is 1. The smallest absolute Gasteiger partial charge is 0.320 e. The Labute approximate surface area is 90.8 Å². The van der Waals surface area contributed by atoms with E-state index in [1.165, 1.54) is 0 Å². The van der Waals surface area contributed by atoms with Gasteiger partial charge in [-0.05, 0) is 6.42 Å². The van der Waals surface area contributed by atoms with Crippen molar-refractivity contribution in [3.05, 3.63) is 0 Å². The van der Waals surface area contributed by atoms with Crippen LogP contribution in [0.5, 0.6) is 0 Å². The maximum atomic E-state index is 10.8. The van der Waals surface area contributed by atoms with Gasteiger partial charge in [-0.2, -0.15) is 0 Å². The van der Waals surface area contributed by atoms with Crippen molar-refractivity contribution in [1.82, 2.24) is 5.32 Å². The molecule has 0 bridgehead atoms. The van der Waals surface area contributed by atoms with Crippen LogP contribution in [-0.4, -0.2) is 44.1 Å². The summed E-state index contributed by atoms with van der Waals surface area (Å²) in [4.78, 5) is 10.7. The van der Waals surface area contributed by atoms with E-state index in [1.807, 2.05) is 6.92 Å². The van der Waals surface area contributed by atoms with Crippen molar-refractivity contribution >= 4 is 15.8 Å². The molecule has 0 fully saturated rings. The molecule has 0 aromatic heterocycles. The first kappa shape index (κ1) is 14.4. The van der Waals surface area contributed by atoms with E-state index in [9.17, 15) is 13.2 Å². The minimum atomic E-state index is -3.02. The first-order valence-corrected chi connectivity index (χ1v) is 7.06. The molecule has 0 saturated heterocycles. The van der Waals surface area contributed by atoms with Gasteiger partial charge in [0.05, 0.1) is 5.75 Å². The molecule has 0 aliphatic rings. The van der Waals surface area contributed by atoms with Gasteiger partial charge in [-0.25, -0.2) is 8.42 Å². The zero-order valence-electron chi connectivity index (χ0n) is 9.19. The van der Waals surface area contributed by atoms with E-state index in [0.29, 0.717) is 6.42 Å². The molecular weight excluding hydrogens is 218 g/mol. The van der Waals surface area contributed by atoms with Gasteiger partial charge in [-0.1, -0.05) is 19.8 Å². The molecule has 15 heavy (non-hydrogen) atoms. The fourth-order valence-corrected chi connectivity index (χ4v) is 1.63. The Balaban J connectivity index is 3.91. The molecule has 0 amide bonds. The molecule has 1 unspecified atom stereocenters. The lowest BCUT2D eigenvalue weighted by atomic mass is 10.1. The third kappa shape index (κ3) is 8.38. The molecule has 0 spiro atoms. The summed E-state index contributed by atoms with van der Waals surface area (Å²) in [5.41, 5.74) is 0. The maximum absolute atomic E-state index is 10.8. The SMILES string of the molecule is CCCCC(NCCS(C)(=O)=O)C(=O)O. The van der Waals surface area contributed by atoms with Gasteiger partial charge in [0, 0.05) is 12.8 Å². The molecule has 2 N–H and O–H groups in total. The third-order valence-corrected chi connectivity index (χ3v) is 2.95. The average molecular weight is 237 g/mol. The van der Waals surface area contributed by atoms with Gasteiger partial charge in [0.25, 0.3) is 0 Å². The Morgan fingerprint density at radius 2 is 2.07 bits per heavy atom. The van der Waals surface area contributed by atoms with Crippen LogP contribution < -0.4 is 5.32 Å². The Morgan fingerprint density at radius 1 is 1.47 bits per heavy atom. The molecule has 0 aliphatic heterocycles. The van der Waals surface area contributed by atoms with E-state index in [0.717, 1.165) is 19.1 Å². The summed E-state index contributed by atoms with van der Waals surface area (Å²) in [7, 11) is -3.02. The summed E-state index contributed by atoms with van der Waals surface area (Å²) >= 11 is 0. The van der Waals surface area contributed by atoms with Crippen LogP contribution in [0.2, 0.25) is 0 Å². The summed E-state index contributed by atoms with van der Waals surface area (Å²) in [6, 6.07) is -0.633. The van der Waals surface area contributed by atoms with Gasteiger partial charge < -0.3 is 10.4 Å². The minimum absolute atomic E-state index is 0.0249. The highest BCUT2D eigenvalue weighted by Crippen LogP contribution is 2.00. The molecule has 0 rings (SSSR count). The highest BCUT2D eigenvalue weighted by Gasteiger charge is 2.16. The zero-order chi connectivity index (χ0) is 11.9. The van der Waals surface area contributed by atoms with Crippen LogP contribution in [0.15, 0.2) is 0 Å². The van der Waals surface area contributed by atoms with E-state index < -0.39 is 21.8 Å². The second-order valence-electron chi connectivity index (χ2n) is 3.62. The summed E-state index contributed by atoms with van der Waals surface area (Å²) in [6.45, 7) is 2.18. The second-order valence-corrected chi connectivity index (χ2v) is 5.88. The van der Waals surface area contributed by atoms with Crippen molar-refractivity contribution < 1.29 is 18.3 Å². The number of carboxylic acids is 1. The first-order chi connectivity index (χ1) is 6.87. The number of hydrogen-bond acceptors (Lipinski definition) is 4. The Bertz CT molecular complexity index is 286. The first-order valence-electron chi connectivity index (χ1n) is 5.00. The summed E-state index contributed by atoms with van der Waals surface area (Å²) in [5, 5.41) is 11.5. The largest absolute Gasteiger partial charge is 0.480 e. The molecule has 0 saturated carbocycles. The standard InChI is InChI=1S/C9H19NO4S/c1-3-4-5-8(9(11)12)10-6-7-15(2,13)14/h8,10H,3-7H2,1-2H3,(H,11,12). The van der Waals surface area contributed by atoms with Crippen LogP contribution in [0.1, 0.15) is 26.2 Å².